The molecule has 0 bridgehead atoms. The highest BCUT2D eigenvalue weighted by atomic mass is 127. The van der Waals surface area contributed by atoms with Crippen LogP contribution in [-0.2, 0) is 11.3 Å². The van der Waals surface area contributed by atoms with Crippen molar-refractivity contribution in [1.29, 1.82) is 0 Å². The Kier molecular flexibility index (Phi) is 9.70. The Labute approximate surface area is 189 Å². The lowest BCUT2D eigenvalue weighted by Gasteiger charge is -2.35. The van der Waals surface area contributed by atoms with Crippen molar-refractivity contribution in [3.63, 3.8) is 0 Å². The van der Waals surface area contributed by atoms with E-state index in [1.807, 2.05) is 24.3 Å². The number of piperidine rings is 1. The van der Waals surface area contributed by atoms with Crippen molar-refractivity contribution in [2.45, 2.75) is 32.4 Å². The minimum absolute atomic E-state index is 0. The van der Waals surface area contributed by atoms with E-state index in [1.54, 1.807) is 18.4 Å². The number of nitrogens with one attached hydrogen (secondary N) is 1. The van der Waals surface area contributed by atoms with Gasteiger partial charge in [-0.1, -0.05) is 31.2 Å². The third-order valence-corrected chi connectivity index (χ3v) is 6.12. The number of likely N-dealkylation sites (tertiary alicyclic amines) is 1. The first-order valence-electron chi connectivity index (χ1n) is 9.58. The molecule has 0 radical (unpaired) electrons. The molecule has 3 rings (SSSR count). The monoisotopic (exact) mass is 514 g/mol. The zero-order valence-corrected chi connectivity index (χ0v) is 19.8. The van der Waals surface area contributed by atoms with E-state index < -0.39 is 0 Å². The fraction of sp³-hybridized carbons (Fsp3) is 0.476. The SMILES string of the molecule is COCc1ccccc1NC(N)=NCC(c1cccs1)N1CCC(C)CC1.I. The minimum atomic E-state index is 0. The van der Waals surface area contributed by atoms with Crippen molar-refractivity contribution in [1.82, 2.24) is 4.90 Å². The number of halogens is 1. The van der Waals surface area contributed by atoms with Gasteiger partial charge < -0.3 is 15.8 Å². The molecule has 2 aromatic rings. The molecule has 1 unspecified atom stereocenters. The van der Waals surface area contributed by atoms with Gasteiger partial charge in [0, 0.05) is 23.2 Å². The molecule has 0 spiro atoms. The smallest absolute Gasteiger partial charge is 0.193 e. The molecule has 1 saturated heterocycles. The summed E-state index contributed by atoms with van der Waals surface area (Å²) in [5, 5.41) is 5.38. The summed E-state index contributed by atoms with van der Waals surface area (Å²) in [6, 6.07) is 12.6. The highest BCUT2D eigenvalue weighted by molar-refractivity contribution is 14.0. The molecule has 154 valence electrons. The fourth-order valence-electron chi connectivity index (χ4n) is 3.49. The average Bonchev–Trinajstić information content (AvgIpc) is 3.19. The molecule has 28 heavy (non-hydrogen) atoms. The van der Waals surface area contributed by atoms with Gasteiger partial charge in [-0.05, 0) is 49.4 Å². The van der Waals surface area contributed by atoms with Crippen LogP contribution in [0, 0.1) is 5.92 Å². The molecule has 3 N–H and O–H groups in total. The van der Waals surface area contributed by atoms with Gasteiger partial charge in [-0.15, -0.1) is 35.3 Å². The van der Waals surface area contributed by atoms with Gasteiger partial charge in [0.25, 0.3) is 0 Å². The highest BCUT2D eigenvalue weighted by Crippen LogP contribution is 2.29. The van der Waals surface area contributed by atoms with Gasteiger partial charge in [-0.25, -0.2) is 0 Å². The van der Waals surface area contributed by atoms with E-state index in [0.29, 0.717) is 25.2 Å². The van der Waals surface area contributed by atoms with Gasteiger partial charge in [0.2, 0.25) is 0 Å². The van der Waals surface area contributed by atoms with E-state index in [0.717, 1.165) is 30.3 Å². The van der Waals surface area contributed by atoms with E-state index >= 15 is 0 Å². The predicted octanol–water partition coefficient (Wildman–Crippen LogP) is 4.71. The predicted molar refractivity (Wildman–Crippen MR) is 130 cm³/mol. The fourth-order valence-corrected chi connectivity index (χ4v) is 4.34. The Bertz CT molecular complexity index is 730. The van der Waals surface area contributed by atoms with Crippen LogP contribution in [0.25, 0.3) is 0 Å². The molecular weight excluding hydrogens is 483 g/mol. The van der Waals surface area contributed by atoms with Gasteiger partial charge in [0.15, 0.2) is 5.96 Å². The maximum absolute atomic E-state index is 6.21. The number of ether oxygens (including phenoxy) is 1. The van der Waals surface area contributed by atoms with E-state index in [-0.39, 0.29) is 24.0 Å². The third-order valence-electron chi connectivity index (χ3n) is 5.15. The second-order valence-electron chi connectivity index (χ2n) is 7.19. The second kappa shape index (κ2) is 11.7. The normalized spacial score (nSPS) is 17.1. The number of rotatable bonds is 7. The molecule has 1 aromatic carbocycles. The largest absolute Gasteiger partial charge is 0.380 e. The summed E-state index contributed by atoms with van der Waals surface area (Å²) in [4.78, 5) is 8.60. The van der Waals surface area contributed by atoms with Crippen molar-refractivity contribution in [3.05, 3.63) is 52.2 Å². The molecular formula is C21H31IN4OS. The average molecular weight is 514 g/mol. The molecule has 0 aliphatic carbocycles. The molecule has 2 heterocycles. The highest BCUT2D eigenvalue weighted by Gasteiger charge is 2.25. The number of anilines is 1. The van der Waals surface area contributed by atoms with Gasteiger partial charge in [0.1, 0.15) is 0 Å². The van der Waals surface area contributed by atoms with Crippen LogP contribution in [0.4, 0.5) is 5.69 Å². The summed E-state index contributed by atoms with van der Waals surface area (Å²) >= 11 is 1.80. The summed E-state index contributed by atoms with van der Waals surface area (Å²) < 4.78 is 5.26. The van der Waals surface area contributed by atoms with Crippen LogP contribution < -0.4 is 11.1 Å². The first kappa shape index (κ1) is 23.1. The first-order valence-corrected chi connectivity index (χ1v) is 10.5. The lowest BCUT2D eigenvalue weighted by molar-refractivity contribution is 0.143. The summed E-state index contributed by atoms with van der Waals surface area (Å²) in [7, 11) is 1.69. The Morgan fingerprint density at radius 3 is 2.71 bits per heavy atom. The number of aliphatic imine (C=N–C) groups is 1. The number of guanidine groups is 1. The zero-order valence-electron chi connectivity index (χ0n) is 16.6. The Hall–Kier alpha value is -1.16. The Balaban J connectivity index is 0.00000280. The second-order valence-corrected chi connectivity index (χ2v) is 8.17. The number of hydrogen-bond donors (Lipinski definition) is 2. The van der Waals surface area contributed by atoms with E-state index in [1.165, 1.54) is 17.7 Å². The van der Waals surface area contributed by atoms with E-state index in [4.69, 9.17) is 10.5 Å². The van der Waals surface area contributed by atoms with Crippen molar-refractivity contribution in [2.75, 3.05) is 32.1 Å². The molecule has 1 aliphatic rings. The maximum atomic E-state index is 6.21. The summed E-state index contributed by atoms with van der Waals surface area (Å²) in [5.41, 5.74) is 8.22. The molecule has 1 aromatic heterocycles. The molecule has 1 fully saturated rings. The van der Waals surface area contributed by atoms with Gasteiger partial charge >= 0.3 is 0 Å². The zero-order chi connectivity index (χ0) is 19.1. The van der Waals surface area contributed by atoms with Crippen LogP contribution in [0.15, 0.2) is 46.8 Å². The lowest BCUT2D eigenvalue weighted by atomic mass is 9.97. The van der Waals surface area contributed by atoms with Crippen molar-refractivity contribution in [3.8, 4) is 0 Å². The molecule has 1 atom stereocenters. The van der Waals surface area contributed by atoms with Crippen LogP contribution in [0.1, 0.15) is 36.2 Å². The van der Waals surface area contributed by atoms with Gasteiger partial charge in [-0.2, -0.15) is 0 Å². The maximum Gasteiger partial charge on any atom is 0.193 e. The summed E-state index contributed by atoms with van der Waals surface area (Å²) in [5.74, 6) is 1.27. The number of thiophene rings is 1. The Morgan fingerprint density at radius 2 is 2.04 bits per heavy atom. The van der Waals surface area contributed by atoms with Crippen LogP contribution in [0.2, 0.25) is 0 Å². The number of para-hydroxylation sites is 1. The minimum Gasteiger partial charge on any atom is -0.380 e. The third kappa shape index (κ3) is 6.43. The van der Waals surface area contributed by atoms with Crippen LogP contribution in [-0.4, -0.2) is 37.6 Å². The standard InChI is InChI=1S/C21H30N4OS.HI/c1-16-9-11-25(12-10-16)19(20-8-5-13-27-20)14-23-21(22)24-18-7-4-3-6-17(18)15-26-2;/h3-8,13,16,19H,9-12,14-15H2,1-2H3,(H3,22,23,24);1H. The molecule has 1 aliphatic heterocycles. The molecule has 0 saturated carbocycles. The lowest BCUT2D eigenvalue weighted by Crippen LogP contribution is -2.37. The summed E-state index contributed by atoms with van der Waals surface area (Å²) in [6.45, 7) is 5.81. The quantitative estimate of drug-likeness (QED) is 0.319. The summed E-state index contributed by atoms with van der Waals surface area (Å²) in [6.07, 6.45) is 2.51. The number of hydrogen-bond acceptors (Lipinski definition) is 4. The first-order chi connectivity index (χ1) is 13.2. The molecule has 0 amide bonds. The van der Waals surface area contributed by atoms with Crippen molar-refractivity contribution in [2.24, 2.45) is 16.6 Å². The number of benzene rings is 1. The van der Waals surface area contributed by atoms with Crippen molar-refractivity contribution >= 4 is 47.0 Å². The Morgan fingerprint density at radius 1 is 1.29 bits per heavy atom. The van der Waals surface area contributed by atoms with E-state index in [9.17, 15) is 0 Å². The van der Waals surface area contributed by atoms with Gasteiger partial charge in [0.05, 0.1) is 19.2 Å². The van der Waals surface area contributed by atoms with Crippen LogP contribution in [0.5, 0.6) is 0 Å². The number of nitrogens with zero attached hydrogens (tertiary/aromatic N) is 2. The number of nitrogens with two attached hydrogens (primary N) is 1. The topological polar surface area (TPSA) is 62.9 Å². The van der Waals surface area contributed by atoms with Gasteiger partial charge in [-0.3, -0.25) is 9.89 Å². The van der Waals surface area contributed by atoms with Crippen LogP contribution >= 0.6 is 35.3 Å². The molecule has 7 heteroatoms. The van der Waals surface area contributed by atoms with Crippen molar-refractivity contribution < 1.29 is 4.74 Å². The van der Waals surface area contributed by atoms with Crippen LogP contribution in [0.3, 0.4) is 0 Å². The number of methoxy groups -OCH3 is 1. The van der Waals surface area contributed by atoms with E-state index in [2.05, 4.69) is 39.6 Å². The molecule has 5 nitrogen and oxygen atoms in total.